The first-order valence-electron chi connectivity index (χ1n) is 8.42. The molecule has 7 heteroatoms. The third-order valence-corrected chi connectivity index (χ3v) is 4.50. The molecule has 1 aliphatic heterocycles. The van der Waals surface area contributed by atoms with E-state index < -0.39 is 0 Å². The Hall–Kier alpha value is -1.06. The minimum atomic E-state index is -0.161. The van der Waals surface area contributed by atoms with Crippen molar-refractivity contribution in [3.8, 4) is 5.75 Å². The van der Waals surface area contributed by atoms with Crippen molar-refractivity contribution in [2.24, 2.45) is 4.99 Å². The first-order valence-corrected chi connectivity index (χ1v) is 8.42. The Kier molecular flexibility index (Phi) is 10.1. The lowest BCUT2D eigenvalue weighted by molar-refractivity contribution is -0.0855. The van der Waals surface area contributed by atoms with Crippen molar-refractivity contribution in [2.45, 2.75) is 24.9 Å². The minimum Gasteiger partial charge on any atom is -0.497 e. The Morgan fingerprint density at radius 3 is 2.40 bits per heavy atom. The molecular weight excluding hydrogens is 433 g/mol. The molecule has 0 bridgehead atoms. The third kappa shape index (κ3) is 6.99. The minimum absolute atomic E-state index is 0. The number of hydrogen-bond acceptors (Lipinski definition) is 4. The molecule has 2 rings (SSSR count). The van der Waals surface area contributed by atoms with E-state index in [2.05, 4.69) is 27.8 Å². The molecule has 6 nitrogen and oxygen atoms in total. The van der Waals surface area contributed by atoms with E-state index in [9.17, 15) is 0 Å². The van der Waals surface area contributed by atoms with Gasteiger partial charge in [0.25, 0.3) is 0 Å². The zero-order valence-electron chi connectivity index (χ0n) is 15.3. The fraction of sp³-hybridized carbons (Fsp3) is 0.611. The van der Waals surface area contributed by atoms with Gasteiger partial charge in [-0.25, -0.2) is 0 Å². The van der Waals surface area contributed by atoms with E-state index in [1.165, 1.54) is 5.56 Å². The second-order valence-electron chi connectivity index (χ2n) is 5.95. The molecule has 0 unspecified atom stereocenters. The van der Waals surface area contributed by atoms with Gasteiger partial charge in [0.05, 0.1) is 12.7 Å². The number of nitrogens with zero attached hydrogens (tertiary/aromatic N) is 1. The summed E-state index contributed by atoms with van der Waals surface area (Å²) < 4.78 is 16.3. The Labute approximate surface area is 167 Å². The van der Waals surface area contributed by atoms with Gasteiger partial charge in [0, 0.05) is 53.3 Å². The number of benzene rings is 1. The van der Waals surface area contributed by atoms with Crippen molar-refractivity contribution < 1.29 is 14.2 Å². The van der Waals surface area contributed by atoms with Gasteiger partial charge < -0.3 is 24.8 Å². The van der Waals surface area contributed by atoms with Gasteiger partial charge in [-0.15, -0.1) is 24.0 Å². The maximum absolute atomic E-state index is 5.73. The molecule has 1 fully saturated rings. The van der Waals surface area contributed by atoms with Gasteiger partial charge in [0.1, 0.15) is 5.75 Å². The highest BCUT2D eigenvalue weighted by Gasteiger charge is 2.32. The summed E-state index contributed by atoms with van der Waals surface area (Å²) in [6, 6.07) is 8.13. The van der Waals surface area contributed by atoms with E-state index in [0.717, 1.165) is 57.3 Å². The lowest BCUT2D eigenvalue weighted by Crippen LogP contribution is -2.51. The van der Waals surface area contributed by atoms with Crippen molar-refractivity contribution in [1.29, 1.82) is 0 Å². The SMILES string of the molecule is CN=C(NCCc1ccc(OC)cc1)NCC1(OC)CCOCC1.I. The van der Waals surface area contributed by atoms with E-state index >= 15 is 0 Å². The highest BCUT2D eigenvalue weighted by atomic mass is 127. The van der Waals surface area contributed by atoms with Crippen LogP contribution in [-0.2, 0) is 15.9 Å². The second kappa shape index (κ2) is 11.5. The van der Waals surface area contributed by atoms with Crippen LogP contribution in [0.15, 0.2) is 29.3 Å². The highest BCUT2D eigenvalue weighted by molar-refractivity contribution is 14.0. The first-order chi connectivity index (χ1) is 11.7. The number of ether oxygens (including phenoxy) is 3. The van der Waals surface area contributed by atoms with Crippen LogP contribution in [0.2, 0.25) is 0 Å². The predicted octanol–water partition coefficient (Wildman–Crippen LogP) is 2.22. The van der Waals surface area contributed by atoms with Gasteiger partial charge >= 0.3 is 0 Å². The van der Waals surface area contributed by atoms with Crippen molar-refractivity contribution in [3.05, 3.63) is 29.8 Å². The first kappa shape index (κ1) is 22.0. The van der Waals surface area contributed by atoms with E-state index in [1.54, 1.807) is 21.3 Å². The van der Waals surface area contributed by atoms with Gasteiger partial charge in [-0.3, -0.25) is 4.99 Å². The number of hydrogen-bond donors (Lipinski definition) is 2. The van der Waals surface area contributed by atoms with Crippen molar-refractivity contribution in [1.82, 2.24) is 10.6 Å². The number of halogens is 1. The number of nitrogens with one attached hydrogen (secondary N) is 2. The molecule has 0 atom stereocenters. The van der Waals surface area contributed by atoms with E-state index in [1.807, 2.05) is 12.1 Å². The van der Waals surface area contributed by atoms with Crippen molar-refractivity contribution in [3.63, 3.8) is 0 Å². The molecule has 0 aliphatic carbocycles. The summed E-state index contributed by atoms with van der Waals surface area (Å²) in [6.45, 7) is 3.04. The normalized spacial score (nSPS) is 16.7. The topological polar surface area (TPSA) is 64.1 Å². The summed E-state index contributed by atoms with van der Waals surface area (Å²) >= 11 is 0. The molecule has 142 valence electrons. The van der Waals surface area contributed by atoms with Gasteiger partial charge in [-0.1, -0.05) is 12.1 Å². The zero-order chi connectivity index (χ0) is 17.3. The fourth-order valence-electron chi connectivity index (χ4n) is 2.78. The van der Waals surface area contributed by atoms with Crippen LogP contribution in [-0.4, -0.2) is 59.1 Å². The van der Waals surface area contributed by atoms with Crippen LogP contribution in [0.5, 0.6) is 5.75 Å². The van der Waals surface area contributed by atoms with Crippen LogP contribution in [0.4, 0.5) is 0 Å². The maximum Gasteiger partial charge on any atom is 0.191 e. The van der Waals surface area contributed by atoms with E-state index in [4.69, 9.17) is 14.2 Å². The summed E-state index contributed by atoms with van der Waals surface area (Å²) in [5, 5.41) is 6.72. The molecule has 0 aromatic heterocycles. The molecule has 1 aliphatic rings. The summed E-state index contributed by atoms with van der Waals surface area (Å²) in [7, 11) is 5.23. The molecule has 0 radical (unpaired) electrons. The van der Waals surface area contributed by atoms with Gasteiger partial charge in [0.2, 0.25) is 0 Å². The lowest BCUT2D eigenvalue weighted by atomic mass is 9.94. The van der Waals surface area contributed by atoms with Crippen molar-refractivity contribution in [2.75, 3.05) is 47.6 Å². The van der Waals surface area contributed by atoms with Crippen LogP contribution in [0.1, 0.15) is 18.4 Å². The van der Waals surface area contributed by atoms with E-state index in [0.29, 0.717) is 0 Å². The van der Waals surface area contributed by atoms with Crippen LogP contribution in [0.25, 0.3) is 0 Å². The summed E-state index contributed by atoms with van der Waals surface area (Å²) in [6.07, 6.45) is 2.73. The third-order valence-electron chi connectivity index (χ3n) is 4.50. The second-order valence-corrected chi connectivity index (χ2v) is 5.95. The van der Waals surface area contributed by atoms with Crippen LogP contribution < -0.4 is 15.4 Å². The monoisotopic (exact) mass is 463 g/mol. The molecule has 25 heavy (non-hydrogen) atoms. The average molecular weight is 463 g/mol. The predicted molar refractivity (Wildman–Crippen MR) is 111 cm³/mol. The Morgan fingerprint density at radius 1 is 1.16 bits per heavy atom. The molecule has 0 spiro atoms. The largest absolute Gasteiger partial charge is 0.497 e. The molecule has 1 aromatic carbocycles. The standard InChI is InChI=1S/C18H29N3O3.HI/c1-19-17(21-14-18(23-3)9-12-24-13-10-18)20-11-8-15-4-6-16(22-2)7-5-15;/h4-7H,8-14H2,1-3H3,(H2,19,20,21);1H. The number of methoxy groups -OCH3 is 2. The number of aliphatic imine (C=N–C) groups is 1. The van der Waals surface area contributed by atoms with Crippen LogP contribution in [0.3, 0.4) is 0 Å². The fourth-order valence-corrected chi connectivity index (χ4v) is 2.78. The summed E-state index contributed by atoms with van der Waals surface area (Å²) in [4.78, 5) is 4.28. The van der Waals surface area contributed by atoms with Gasteiger partial charge in [0.15, 0.2) is 5.96 Å². The average Bonchev–Trinajstić information content (AvgIpc) is 2.65. The lowest BCUT2D eigenvalue weighted by Gasteiger charge is -2.36. The Morgan fingerprint density at radius 2 is 1.84 bits per heavy atom. The molecule has 1 saturated heterocycles. The summed E-state index contributed by atoms with van der Waals surface area (Å²) in [5.74, 6) is 1.68. The smallest absolute Gasteiger partial charge is 0.191 e. The molecule has 1 heterocycles. The Bertz CT molecular complexity index is 517. The molecule has 1 aromatic rings. The molecular formula is C18H30IN3O3. The molecule has 0 amide bonds. The molecule has 2 N–H and O–H groups in total. The molecule has 0 saturated carbocycles. The summed E-state index contributed by atoms with van der Waals surface area (Å²) in [5.41, 5.74) is 1.10. The Balaban J connectivity index is 0.00000312. The van der Waals surface area contributed by atoms with Crippen LogP contribution in [0, 0.1) is 0 Å². The quantitative estimate of drug-likeness (QED) is 0.369. The highest BCUT2D eigenvalue weighted by Crippen LogP contribution is 2.23. The number of rotatable bonds is 7. The van der Waals surface area contributed by atoms with Gasteiger partial charge in [-0.05, 0) is 24.1 Å². The number of guanidine groups is 1. The maximum atomic E-state index is 5.73. The van der Waals surface area contributed by atoms with Crippen molar-refractivity contribution >= 4 is 29.9 Å². The van der Waals surface area contributed by atoms with Gasteiger partial charge in [-0.2, -0.15) is 0 Å². The zero-order valence-corrected chi connectivity index (χ0v) is 17.7. The van der Waals surface area contributed by atoms with E-state index in [-0.39, 0.29) is 29.6 Å². The van der Waals surface area contributed by atoms with Crippen LogP contribution >= 0.6 is 24.0 Å².